The second-order valence-electron chi connectivity index (χ2n) is 6.86. The van der Waals surface area contributed by atoms with Crippen molar-refractivity contribution in [1.29, 1.82) is 0 Å². The van der Waals surface area contributed by atoms with Gasteiger partial charge in [-0.05, 0) is 42.3 Å². The Labute approximate surface area is 165 Å². The van der Waals surface area contributed by atoms with E-state index >= 15 is 0 Å². The SMILES string of the molecule is CN(Cc1cccc2ccccc12)C(=O)c1cn(C2CCNCC2)nn1.Cl. The molecule has 0 unspecified atom stereocenters. The highest BCUT2D eigenvalue weighted by molar-refractivity contribution is 5.92. The van der Waals surface area contributed by atoms with E-state index in [1.807, 2.05) is 29.9 Å². The van der Waals surface area contributed by atoms with Crippen molar-refractivity contribution in [2.45, 2.75) is 25.4 Å². The molecule has 1 amide bonds. The predicted octanol–water partition coefficient (Wildman–Crippen LogP) is 3.05. The first-order valence-electron chi connectivity index (χ1n) is 9.07. The van der Waals surface area contributed by atoms with Crippen LogP contribution >= 0.6 is 12.4 Å². The summed E-state index contributed by atoms with van der Waals surface area (Å²) in [7, 11) is 1.81. The van der Waals surface area contributed by atoms with Crippen LogP contribution in [-0.2, 0) is 6.54 Å². The summed E-state index contributed by atoms with van der Waals surface area (Å²) >= 11 is 0. The number of halogens is 1. The van der Waals surface area contributed by atoms with Crippen molar-refractivity contribution in [1.82, 2.24) is 25.2 Å². The Bertz CT molecular complexity index is 914. The Morgan fingerprint density at radius 2 is 1.93 bits per heavy atom. The lowest BCUT2D eigenvalue weighted by Gasteiger charge is -2.22. The molecule has 4 rings (SSSR count). The van der Waals surface area contributed by atoms with Crippen LogP contribution in [0.15, 0.2) is 48.7 Å². The van der Waals surface area contributed by atoms with Gasteiger partial charge in [0.05, 0.1) is 12.2 Å². The summed E-state index contributed by atoms with van der Waals surface area (Å²) in [4.78, 5) is 14.5. The number of carbonyl (C=O) groups excluding carboxylic acids is 1. The first-order valence-corrected chi connectivity index (χ1v) is 9.07. The fourth-order valence-electron chi connectivity index (χ4n) is 3.58. The molecule has 1 aliphatic rings. The van der Waals surface area contributed by atoms with E-state index in [0.29, 0.717) is 18.3 Å². The van der Waals surface area contributed by atoms with Gasteiger partial charge in [-0.3, -0.25) is 4.79 Å². The van der Waals surface area contributed by atoms with Crippen LogP contribution in [0.5, 0.6) is 0 Å². The lowest BCUT2D eigenvalue weighted by molar-refractivity contribution is 0.0779. The van der Waals surface area contributed by atoms with Crippen LogP contribution in [0.25, 0.3) is 10.8 Å². The highest BCUT2D eigenvalue weighted by Crippen LogP contribution is 2.21. The van der Waals surface area contributed by atoms with Crippen molar-refractivity contribution >= 4 is 29.1 Å². The van der Waals surface area contributed by atoms with E-state index in [2.05, 4.69) is 39.9 Å². The molecular weight excluding hydrogens is 362 g/mol. The molecule has 1 aliphatic heterocycles. The Morgan fingerprint density at radius 1 is 1.19 bits per heavy atom. The summed E-state index contributed by atoms with van der Waals surface area (Å²) in [6.07, 6.45) is 3.82. The average Bonchev–Trinajstić information content (AvgIpc) is 3.18. The van der Waals surface area contributed by atoms with Crippen LogP contribution in [0.2, 0.25) is 0 Å². The van der Waals surface area contributed by atoms with E-state index in [0.717, 1.165) is 31.5 Å². The molecular formula is C20H24ClN5O. The fraction of sp³-hybridized carbons (Fsp3) is 0.350. The third-order valence-corrected chi connectivity index (χ3v) is 5.05. The summed E-state index contributed by atoms with van der Waals surface area (Å²) < 4.78 is 1.85. The quantitative estimate of drug-likeness (QED) is 0.749. The third-order valence-electron chi connectivity index (χ3n) is 5.05. The molecule has 6 nitrogen and oxygen atoms in total. The lowest BCUT2D eigenvalue weighted by Crippen LogP contribution is -2.29. The van der Waals surface area contributed by atoms with E-state index in [4.69, 9.17) is 0 Å². The number of benzene rings is 2. The number of rotatable bonds is 4. The number of nitrogens with zero attached hydrogens (tertiary/aromatic N) is 4. The van der Waals surface area contributed by atoms with Crippen LogP contribution in [0, 0.1) is 0 Å². The van der Waals surface area contributed by atoms with E-state index in [-0.39, 0.29) is 18.3 Å². The van der Waals surface area contributed by atoms with Gasteiger partial charge in [0.25, 0.3) is 5.91 Å². The molecule has 1 N–H and O–H groups in total. The molecule has 1 saturated heterocycles. The summed E-state index contributed by atoms with van der Waals surface area (Å²) in [5.41, 5.74) is 1.54. The monoisotopic (exact) mass is 385 g/mol. The van der Waals surface area contributed by atoms with E-state index in [9.17, 15) is 4.79 Å². The van der Waals surface area contributed by atoms with Gasteiger partial charge < -0.3 is 10.2 Å². The minimum absolute atomic E-state index is 0. The first kappa shape index (κ1) is 19.3. The largest absolute Gasteiger partial charge is 0.336 e. The van der Waals surface area contributed by atoms with Gasteiger partial charge >= 0.3 is 0 Å². The van der Waals surface area contributed by atoms with Crippen molar-refractivity contribution < 1.29 is 4.79 Å². The van der Waals surface area contributed by atoms with Crippen LogP contribution in [0.4, 0.5) is 0 Å². The number of aromatic nitrogens is 3. The van der Waals surface area contributed by atoms with Gasteiger partial charge in [-0.25, -0.2) is 4.68 Å². The number of fused-ring (bicyclic) bond motifs is 1. The van der Waals surface area contributed by atoms with Crippen molar-refractivity contribution in [2.24, 2.45) is 0 Å². The topological polar surface area (TPSA) is 63.1 Å². The number of hydrogen-bond acceptors (Lipinski definition) is 4. The predicted molar refractivity (Wildman–Crippen MR) is 108 cm³/mol. The number of nitrogens with one attached hydrogen (secondary N) is 1. The van der Waals surface area contributed by atoms with E-state index in [1.54, 1.807) is 11.1 Å². The Kier molecular flexibility index (Phi) is 6.08. The number of carbonyl (C=O) groups is 1. The molecule has 2 aromatic carbocycles. The molecule has 142 valence electrons. The van der Waals surface area contributed by atoms with Gasteiger partial charge in [0.15, 0.2) is 5.69 Å². The first-order chi connectivity index (χ1) is 12.7. The zero-order valence-electron chi connectivity index (χ0n) is 15.3. The van der Waals surface area contributed by atoms with Gasteiger partial charge in [-0.1, -0.05) is 47.7 Å². The summed E-state index contributed by atoms with van der Waals surface area (Å²) in [6, 6.07) is 14.8. The van der Waals surface area contributed by atoms with Crippen LogP contribution in [-0.4, -0.2) is 45.9 Å². The molecule has 1 fully saturated rings. The van der Waals surface area contributed by atoms with Crippen LogP contribution in [0.1, 0.15) is 34.9 Å². The zero-order chi connectivity index (χ0) is 17.9. The van der Waals surface area contributed by atoms with Gasteiger partial charge in [0.2, 0.25) is 0 Å². The van der Waals surface area contributed by atoms with Crippen molar-refractivity contribution in [2.75, 3.05) is 20.1 Å². The Morgan fingerprint density at radius 3 is 2.74 bits per heavy atom. The van der Waals surface area contributed by atoms with Gasteiger partial charge in [0, 0.05) is 13.6 Å². The minimum Gasteiger partial charge on any atom is -0.336 e. The van der Waals surface area contributed by atoms with Crippen LogP contribution in [0.3, 0.4) is 0 Å². The highest BCUT2D eigenvalue weighted by atomic mass is 35.5. The van der Waals surface area contributed by atoms with E-state index < -0.39 is 0 Å². The number of hydrogen-bond donors (Lipinski definition) is 1. The maximum absolute atomic E-state index is 12.8. The van der Waals surface area contributed by atoms with Crippen LogP contribution < -0.4 is 5.32 Å². The van der Waals surface area contributed by atoms with Gasteiger partial charge in [-0.15, -0.1) is 17.5 Å². The molecule has 1 aromatic heterocycles. The average molecular weight is 386 g/mol. The molecule has 7 heteroatoms. The molecule has 0 saturated carbocycles. The molecule has 0 radical (unpaired) electrons. The number of piperidine rings is 1. The zero-order valence-corrected chi connectivity index (χ0v) is 16.2. The number of amides is 1. The maximum Gasteiger partial charge on any atom is 0.276 e. The van der Waals surface area contributed by atoms with E-state index in [1.165, 1.54) is 10.8 Å². The van der Waals surface area contributed by atoms with Crippen molar-refractivity contribution in [3.05, 3.63) is 59.9 Å². The molecule has 27 heavy (non-hydrogen) atoms. The smallest absolute Gasteiger partial charge is 0.276 e. The third kappa shape index (κ3) is 4.12. The standard InChI is InChI=1S/C20H23N5O.ClH/c1-24(13-16-7-4-6-15-5-2-3-8-18(15)16)20(26)19-14-25(23-22-19)17-9-11-21-12-10-17;/h2-8,14,17,21H,9-13H2,1H3;1H. The molecule has 0 spiro atoms. The minimum atomic E-state index is -0.0990. The molecule has 0 atom stereocenters. The normalized spacial score (nSPS) is 14.7. The van der Waals surface area contributed by atoms with Gasteiger partial charge in [0.1, 0.15) is 0 Å². The van der Waals surface area contributed by atoms with Gasteiger partial charge in [-0.2, -0.15) is 0 Å². The Hall–Kier alpha value is -2.44. The van der Waals surface area contributed by atoms with Crippen molar-refractivity contribution in [3.63, 3.8) is 0 Å². The summed E-state index contributed by atoms with van der Waals surface area (Å²) in [5, 5.41) is 14.0. The second-order valence-corrected chi connectivity index (χ2v) is 6.86. The van der Waals surface area contributed by atoms with Crippen molar-refractivity contribution in [3.8, 4) is 0 Å². The second kappa shape index (κ2) is 8.50. The Balaban J connectivity index is 0.00000210. The lowest BCUT2D eigenvalue weighted by atomic mass is 10.0. The summed E-state index contributed by atoms with van der Waals surface area (Å²) in [5.74, 6) is -0.0990. The summed E-state index contributed by atoms with van der Waals surface area (Å²) in [6.45, 7) is 2.50. The molecule has 3 aromatic rings. The molecule has 2 heterocycles. The highest BCUT2D eigenvalue weighted by Gasteiger charge is 2.21. The maximum atomic E-state index is 12.8. The fourth-order valence-corrected chi connectivity index (χ4v) is 3.58. The molecule has 0 aliphatic carbocycles. The molecule has 0 bridgehead atoms.